The van der Waals surface area contributed by atoms with E-state index >= 15 is 0 Å². The summed E-state index contributed by atoms with van der Waals surface area (Å²) in [6.07, 6.45) is -1.22. The summed E-state index contributed by atoms with van der Waals surface area (Å²) in [6, 6.07) is 2.54. The molecule has 1 aromatic carbocycles. The summed E-state index contributed by atoms with van der Waals surface area (Å²) in [4.78, 5) is 11.0. The van der Waals surface area contributed by atoms with E-state index in [1.807, 2.05) is 0 Å². The predicted octanol–water partition coefficient (Wildman–Crippen LogP) is 2.47. The Balaban J connectivity index is 2.61. The van der Waals surface area contributed by atoms with Crippen LogP contribution in [0, 0.1) is 12.3 Å². The van der Waals surface area contributed by atoms with Gasteiger partial charge in [-0.15, -0.1) is 6.42 Å². The van der Waals surface area contributed by atoms with Gasteiger partial charge in [0.1, 0.15) is 11.5 Å². The number of carboxylic acid groups (broad SMARTS) is 1. The van der Waals surface area contributed by atoms with E-state index in [4.69, 9.17) is 21.0 Å². The van der Waals surface area contributed by atoms with Crippen molar-refractivity contribution in [2.24, 2.45) is 0 Å². The molecule has 0 spiro atoms. The topological polar surface area (TPSA) is 55.8 Å². The molecule has 0 aromatic heterocycles. The van der Waals surface area contributed by atoms with Crippen molar-refractivity contribution in [2.75, 3.05) is 7.11 Å². The molecule has 2 rings (SSSR count). The van der Waals surface area contributed by atoms with Crippen LogP contribution in [0.25, 0.3) is 6.08 Å². The fourth-order valence-electron chi connectivity index (χ4n) is 1.93. The molecule has 1 N–H and O–H groups in total. The highest BCUT2D eigenvalue weighted by molar-refractivity contribution is 5.95. The monoisotopic (exact) mass is 298 g/mol. The van der Waals surface area contributed by atoms with Crippen molar-refractivity contribution in [1.82, 2.24) is 0 Å². The molecule has 1 aromatic rings. The first-order chi connectivity index (χ1) is 9.77. The Morgan fingerprint density at radius 2 is 2.14 bits per heavy atom. The smallest absolute Gasteiger partial charge is 0.430 e. The molecule has 1 aliphatic rings. The molecule has 7 heteroatoms. The lowest BCUT2D eigenvalue weighted by atomic mass is 9.99. The van der Waals surface area contributed by atoms with E-state index in [2.05, 4.69) is 5.92 Å². The quantitative estimate of drug-likeness (QED) is 0.852. The number of carbonyl (C=O) groups is 1. The average molecular weight is 298 g/mol. The molecule has 1 aliphatic heterocycles. The summed E-state index contributed by atoms with van der Waals surface area (Å²) < 4.78 is 48.4. The van der Waals surface area contributed by atoms with Gasteiger partial charge >= 0.3 is 12.1 Å². The lowest BCUT2D eigenvalue weighted by Crippen LogP contribution is -2.40. The number of methoxy groups -OCH3 is 1. The number of benzene rings is 1. The molecule has 110 valence electrons. The second kappa shape index (κ2) is 5.05. The van der Waals surface area contributed by atoms with Gasteiger partial charge in [0.2, 0.25) is 6.10 Å². The van der Waals surface area contributed by atoms with Gasteiger partial charge in [0, 0.05) is 11.6 Å². The summed E-state index contributed by atoms with van der Waals surface area (Å²) in [5.41, 5.74) is -0.462. The van der Waals surface area contributed by atoms with Crippen molar-refractivity contribution in [1.29, 1.82) is 0 Å². The zero-order valence-corrected chi connectivity index (χ0v) is 10.7. The summed E-state index contributed by atoms with van der Waals surface area (Å²) in [7, 11) is 1.31. The molecule has 0 saturated heterocycles. The summed E-state index contributed by atoms with van der Waals surface area (Å²) in [5.74, 6) is 0.625. The van der Waals surface area contributed by atoms with Gasteiger partial charge in [-0.1, -0.05) is 5.92 Å². The van der Waals surface area contributed by atoms with Crippen LogP contribution < -0.4 is 9.47 Å². The van der Waals surface area contributed by atoms with E-state index in [1.165, 1.54) is 19.2 Å². The highest BCUT2D eigenvalue weighted by Crippen LogP contribution is 2.39. The molecule has 0 aliphatic carbocycles. The fraction of sp³-hybridized carbons (Fsp3) is 0.214. The van der Waals surface area contributed by atoms with Crippen molar-refractivity contribution in [2.45, 2.75) is 12.3 Å². The first kappa shape index (κ1) is 14.8. The zero-order chi connectivity index (χ0) is 15.8. The van der Waals surface area contributed by atoms with Crippen LogP contribution in [0.2, 0.25) is 0 Å². The number of hydrogen-bond donors (Lipinski definition) is 1. The largest absolute Gasteiger partial charge is 0.495 e. The first-order valence-electron chi connectivity index (χ1n) is 5.64. The maximum absolute atomic E-state index is 12.9. The Morgan fingerprint density at radius 1 is 1.48 bits per heavy atom. The Labute approximate surface area is 117 Å². The minimum absolute atomic E-state index is 0.141. The second-order valence-electron chi connectivity index (χ2n) is 4.18. The highest BCUT2D eigenvalue weighted by Gasteiger charge is 2.48. The van der Waals surface area contributed by atoms with Gasteiger partial charge in [0.25, 0.3) is 0 Å². The van der Waals surface area contributed by atoms with E-state index in [9.17, 15) is 18.0 Å². The van der Waals surface area contributed by atoms with Crippen molar-refractivity contribution in [3.8, 4) is 23.8 Å². The van der Waals surface area contributed by atoms with Crippen LogP contribution >= 0.6 is 0 Å². The van der Waals surface area contributed by atoms with Gasteiger partial charge in [0.05, 0.1) is 18.2 Å². The van der Waals surface area contributed by atoms with Gasteiger partial charge in [-0.2, -0.15) is 13.2 Å². The number of rotatable bonds is 2. The van der Waals surface area contributed by atoms with E-state index in [0.29, 0.717) is 0 Å². The summed E-state index contributed by atoms with van der Waals surface area (Å²) >= 11 is 0. The summed E-state index contributed by atoms with van der Waals surface area (Å²) in [6.45, 7) is 0. The number of halogens is 3. The highest BCUT2D eigenvalue weighted by atomic mass is 19.4. The number of carboxylic acids is 1. The van der Waals surface area contributed by atoms with E-state index in [1.54, 1.807) is 0 Å². The maximum Gasteiger partial charge on any atom is 0.430 e. The minimum atomic E-state index is -4.85. The van der Waals surface area contributed by atoms with Crippen LogP contribution in [-0.4, -0.2) is 30.5 Å². The normalized spacial score (nSPS) is 17.1. The van der Waals surface area contributed by atoms with Crippen LogP contribution in [0.15, 0.2) is 17.7 Å². The molecule has 21 heavy (non-hydrogen) atoms. The number of alkyl halides is 3. The molecule has 1 atom stereocenters. The van der Waals surface area contributed by atoms with Gasteiger partial charge in [0.15, 0.2) is 0 Å². The molecular formula is C14H9F3O4. The number of ether oxygens (including phenoxy) is 2. The Kier molecular flexibility index (Phi) is 3.56. The SMILES string of the molecule is C#Cc1cc2c(cc1OC)OC(C(F)(F)F)C(C(=O)O)=C2. The van der Waals surface area contributed by atoms with Crippen LogP contribution in [0.4, 0.5) is 13.2 Å². The third-order valence-electron chi connectivity index (χ3n) is 2.87. The van der Waals surface area contributed by atoms with Crippen molar-refractivity contribution in [3.63, 3.8) is 0 Å². The molecule has 1 heterocycles. The number of aliphatic carboxylic acids is 1. The van der Waals surface area contributed by atoms with Crippen LogP contribution in [-0.2, 0) is 4.79 Å². The van der Waals surface area contributed by atoms with E-state index in [-0.39, 0.29) is 22.6 Å². The first-order valence-corrected chi connectivity index (χ1v) is 5.64. The molecule has 0 bridgehead atoms. The summed E-state index contributed by atoms with van der Waals surface area (Å²) in [5, 5.41) is 8.91. The van der Waals surface area contributed by atoms with Gasteiger partial charge < -0.3 is 14.6 Å². The molecule has 1 unspecified atom stereocenters. The third-order valence-corrected chi connectivity index (χ3v) is 2.87. The molecule has 0 saturated carbocycles. The van der Waals surface area contributed by atoms with Gasteiger partial charge in [-0.25, -0.2) is 4.79 Å². The Bertz CT molecular complexity index is 668. The molecule has 0 amide bonds. The van der Waals surface area contributed by atoms with Crippen LogP contribution in [0.3, 0.4) is 0 Å². The lowest BCUT2D eigenvalue weighted by Gasteiger charge is -2.27. The third kappa shape index (κ3) is 2.65. The van der Waals surface area contributed by atoms with Crippen LogP contribution in [0.5, 0.6) is 11.5 Å². The lowest BCUT2D eigenvalue weighted by molar-refractivity contribution is -0.187. The average Bonchev–Trinajstić information content (AvgIpc) is 2.43. The van der Waals surface area contributed by atoms with Crippen molar-refractivity contribution in [3.05, 3.63) is 28.8 Å². The Morgan fingerprint density at radius 3 is 2.62 bits per heavy atom. The number of hydrogen-bond acceptors (Lipinski definition) is 3. The zero-order valence-electron chi connectivity index (χ0n) is 10.7. The van der Waals surface area contributed by atoms with Gasteiger partial charge in [-0.3, -0.25) is 0 Å². The molecule has 4 nitrogen and oxygen atoms in total. The minimum Gasteiger partial charge on any atom is -0.495 e. The second-order valence-corrected chi connectivity index (χ2v) is 4.18. The molecular weight excluding hydrogens is 289 g/mol. The van der Waals surface area contributed by atoms with Crippen molar-refractivity contribution >= 4 is 12.0 Å². The Hall–Kier alpha value is -2.62. The van der Waals surface area contributed by atoms with Crippen molar-refractivity contribution < 1.29 is 32.5 Å². The maximum atomic E-state index is 12.9. The predicted molar refractivity (Wildman–Crippen MR) is 67.0 cm³/mol. The van der Waals surface area contributed by atoms with Gasteiger partial charge in [-0.05, 0) is 12.1 Å². The fourth-order valence-corrected chi connectivity index (χ4v) is 1.93. The molecule has 0 fully saturated rings. The molecule has 0 radical (unpaired) electrons. The van der Waals surface area contributed by atoms with Crippen LogP contribution in [0.1, 0.15) is 11.1 Å². The number of fused-ring (bicyclic) bond motifs is 1. The van der Waals surface area contributed by atoms with E-state index < -0.39 is 23.8 Å². The standard InChI is InChI=1S/C14H9F3O4/c1-3-7-4-8-5-9(13(18)19)12(14(15,16)17)21-11(8)6-10(7)20-2/h1,4-6,12H,2H3,(H,18,19). The number of terminal acetylenes is 1. The van der Waals surface area contributed by atoms with E-state index in [0.717, 1.165) is 6.08 Å².